The van der Waals surface area contributed by atoms with Gasteiger partial charge in [-0.25, -0.2) is 9.67 Å². The topological polar surface area (TPSA) is 30.7 Å². The Kier molecular flexibility index (Phi) is 2.20. The van der Waals surface area contributed by atoms with Crippen molar-refractivity contribution in [2.24, 2.45) is 0 Å². The molecule has 13 heavy (non-hydrogen) atoms. The van der Waals surface area contributed by atoms with E-state index < -0.39 is 0 Å². The van der Waals surface area contributed by atoms with E-state index in [1.165, 1.54) is 11.0 Å². The Labute approximate surface area is 84.9 Å². The van der Waals surface area contributed by atoms with Crippen molar-refractivity contribution in [1.82, 2.24) is 14.8 Å². The molecular weight excluding hydrogens is 209 g/mol. The molecule has 0 bridgehead atoms. The molecule has 3 nitrogen and oxygen atoms in total. The summed E-state index contributed by atoms with van der Waals surface area (Å²) in [7, 11) is 0. The van der Waals surface area contributed by atoms with Crippen LogP contribution < -0.4 is 0 Å². The summed E-state index contributed by atoms with van der Waals surface area (Å²) in [6, 6.07) is 5.15. The van der Waals surface area contributed by atoms with E-state index in [-0.39, 0.29) is 0 Å². The summed E-state index contributed by atoms with van der Waals surface area (Å²) in [6.07, 6.45) is 3.97. The van der Waals surface area contributed by atoms with E-state index >= 15 is 0 Å². The van der Waals surface area contributed by atoms with E-state index in [4.69, 9.17) is 23.2 Å². The van der Waals surface area contributed by atoms with Crippen molar-refractivity contribution in [3.05, 3.63) is 40.9 Å². The fourth-order valence-electron chi connectivity index (χ4n) is 0.976. The lowest BCUT2D eigenvalue weighted by Crippen LogP contribution is -1.93. The Morgan fingerprint density at radius 3 is 2.38 bits per heavy atom. The van der Waals surface area contributed by atoms with Gasteiger partial charge in [0, 0.05) is 10.0 Å². The molecule has 1 aromatic carbocycles. The van der Waals surface area contributed by atoms with Crippen LogP contribution in [0.4, 0.5) is 0 Å². The lowest BCUT2D eigenvalue weighted by molar-refractivity contribution is 0.876. The van der Waals surface area contributed by atoms with Crippen molar-refractivity contribution in [3.8, 4) is 5.69 Å². The highest BCUT2D eigenvalue weighted by atomic mass is 35.5. The fourth-order valence-corrected chi connectivity index (χ4v) is 1.49. The number of aromatic nitrogens is 3. The fraction of sp³-hybridized carbons (Fsp3) is 0. The summed E-state index contributed by atoms with van der Waals surface area (Å²) in [6.45, 7) is 0. The first-order valence-corrected chi connectivity index (χ1v) is 4.25. The van der Waals surface area contributed by atoms with Gasteiger partial charge in [0.2, 0.25) is 6.33 Å². The van der Waals surface area contributed by atoms with E-state index in [0.717, 1.165) is 5.69 Å². The van der Waals surface area contributed by atoms with Crippen LogP contribution in [0.25, 0.3) is 5.69 Å². The van der Waals surface area contributed by atoms with Crippen LogP contribution in [0.2, 0.25) is 10.0 Å². The Morgan fingerprint density at radius 1 is 1.15 bits per heavy atom. The van der Waals surface area contributed by atoms with Crippen molar-refractivity contribution in [3.63, 3.8) is 0 Å². The number of hydrogen-bond acceptors (Lipinski definition) is 2. The highest BCUT2D eigenvalue weighted by molar-refractivity contribution is 6.34. The van der Waals surface area contributed by atoms with Crippen LogP contribution in [0.3, 0.4) is 0 Å². The summed E-state index contributed by atoms with van der Waals surface area (Å²) in [5.74, 6) is 0. The van der Waals surface area contributed by atoms with Crippen molar-refractivity contribution < 1.29 is 0 Å². The van der Waals surface area contributed by atoms with Crippen molar-refractivity contribution >= 4 is 23.2 Å². The van der Waals surface area contributed by atoms with Gasteiger partial charge in [-0.1, -0.05) is 23.2 Å². The zero-order chi connectivity index (χ0) is 9.26. The third-order valence-corrected chi connectivity index (χ3v) is 1.93. The van der Waals surface area contributed by atoms with E-state index in [9.17, 15) is 0 Å². The maximum atomic E-state index is 5.81. The molecule has 0 fully saturated rings. The minimum atomic E-state index is 0.568. The first-order chi connectivity index (χ1) is 6.25. The van der Waals surface area contributed by atoms with Gasteiger partial charge in [0.05, 0.1) is 5.69 Å². The lowest BCUT2D eigenvalue weighted by Gasteiger charge is -2.01. The number of nitrogens with zero attached hydrogens (tertiary/aromatic N) is 3. The van der Waals surface area contributed by atoms with Crippen LogP contribution in [-0.2, 0) is 0 Å². The first kappa shape index (κ1) is 8.53. The third-order valence-electron chi connectivity index (χ3n) is 1.49. The zero-order valence-corrected chi connectivity index (χ0v) is 7.92. The van der Waals surface area contributed by atoms with Gasteiger partial charge in [-0.15, -0.1) is 5.10 Å². The van der Waals surface area contributed by atoms with E-state index in [1.54, 1.807) is 18.2 Å². The van der Waals surface area contributed by atoms with E-state index in [1.807, 2.05) is 0 Å². The van der Waals surface area contributed by atoms with Crippen molar-refractivity contribution in [2.75, 3.05) is 0 Å². The molecule has 0 saturated heterocycles. The minimum absolute atomic E-state index is 0.568. The predicted octanol–water partition coefficient (Wildman–Crippen LogP) is 2.37. The molecule has 0 spiro atoms. The molecule has 0 saturated carbocycles. The van der Waals surface area contributed by atoms with Crippen LogP contribution in [0.5, 0.6) is 0 Å². The largest absolute Gasteiger partial charge is 0.221 e. The summed E-state index contributed by atoms with van der Waals surface area (Å²) in [5.41, 5.74) is 0.770. The number of halogens is 2. The molecule has 1 aromatic heterocycles. The van der Waals surface area contributed by atoms with E-state index in [0.29, 0.717) is 10.0 Å². The van der Waals surface area contributed by atoms with E-state index in [2.05, 4.69) is 16.4 Å². The summed E-state index contributed by atoms with van der Waals surface area (Å²) < 4.78 is 1.54. The first-order valence-electron chi connectivity index (χ1n) is 3.50. The maximum absolute atomic E-state index is 5.81. The highest BCUT2D eigenvalue weighted by Crippen LogP contribution is 2.20. The second-order valence-corrected chi connectivity index (χ2v) is 3.29. The standard InChI is InChI=1S/C8H4Cl2N3/c9-6-1-7(10)3-8(2-6)13-5-11-4-12-13/h1-3,5H. The lowest BCUT2D eigenvalue weighted by atomic mass is 10.3. The van der Waals surface area contributed by atoms with Crippen LogP contribution in [0.1, 0.15) is 0 Å². The number of benzene rings is 1. The van der Waals surface area contributed by atoms with Crippen LogP contribution in [0, 0.1) is 6.33 Å². The molecule has 65 valence electrons. The highest BCUT2D eigenvalue weighted by Gasteiger charge is 2.00. The number of hydrogen-bond donors (Lipinski definition) is 0. The molecule has 0 aliphatic carbocycles. The molecule has 1 heterocycles. The Bertz CT molecular complexity index is 391. The summed E-state index contributed by atoms with van der Waals surface area (Å²) >= 11 is 11.6. The third kappa shape index (κ3) is 1.82. The molecule has 2 rings (SSSR count). The summed E-state index contributed by atoms with van der Waals surface area (Å²) in [5, 5.41) is 4.97. The van der Waals surface area contributed by atoms with Crippen molar-refractivity contribution in [1.29, 1.82) is 0 Å². The van der Waals surface area contributed by atoms with Crippen LogP contribution in [0.15, 0.2) is 24.5 Å². The van der Waals surface area contributed by atoms with Crippen LogP contribution in [-0.4, -0.2) is 14.8 Å². The normalized spacial score (nSPS) is 10.3. The molecule has 0 atom stereocenters. The molecule has 0 unspecified atom stereocenters. The molecule has 5 heteroatoms. The molecular formula is C8H4Cl2N3. The molecule has 0 amide bonds. The average molecular weight is 213 g/mol. The molecule has 0 aliphatic heterocycles. The monoisotopic (exact) mass is 212 g/mol. The van der Waals surface area contributed by atoms with Gasteiger partial charge in [0.1, 0.15) is 6.33 Å². The molecule has 0 aliphatic rings. The smallest absolute Gasteiger partial charge is 0.220 e. The Balaban J connectivity index is 2.53. The van der Waals surface area contributed by atoms with Crippen LogP contribution >= 0.6 is 23.2 Å². The Morgan fingerprint density at radius 2 is 1.85 bits per heavy atom. The molecule has 1 radical (unpaired) electrons. The maximum Gasteiger partial charge on any atom is 0.221 e. The van der Waals surface area contributed by atoms with Gasteiger partial charge < -0.3 is 0 Å². The van der Waals surface area contributed by atoms with Gasteiger partial charge in [-0.3, -0.25) is 0 Å². The summed E-state index contributed by atoms with van der Waals surface area (Å²) in [4.78, 5) is 3.70. The zero-order valence-electron chi connectivity index (χ0n) is 6.41. The molecule has 0 N–H and O–H groups in total. The van der Waals surface area contributed by atoms with Gasteiger partial charge >= 0.3 is 0 Å². The van der Waals surface area contributed by atoms with Gasteiger partial charge in [-0.05, 0) is 18.2 Å². The number of rotatable bonds is 1. The quantitative estimate of drug-likeness (QED) is 0.727. The van der Waals surface area contributed by atoms with Gasteiger partial charge in [0.25, 0.3) is 0 Å². The van der Waals surface area contributed by atoms with Crippen molar-refractivity contribution in [2.45, 2.75) is 0 Å². The minimum Gasteiger partial charge on any atom is -0.220 e. The SMILES string of the molecule is Clc1cc(Cl)cc(-n2cn[c]n2)c1. The molecule has 2 aromatic rings. The predicted molar refractivity (Wildman–Crippen MR) is 50.2 cm³/mol. The Hall–Kier alpha value is -1.06. The van der Waals surface area contributed by atoms with Gasteiger partial charge in [-0.2, -0.15) is 0 Å². The average Bonchev–Trinajstić information content (AvgIpc) is 2.53. The second kappa shape index (κ2) is 3.36. The second-order valence-electron chi connectivity index (χ2n) is 2.42. The van der Waals surface area contributed by atoms with Gasteiger partial charge in [0.15, 0.2) is 0 Å².